The van der Waals surface area contributed by atoms with Crippen LogP contribution in [0.1, 0.15) is 15.9 Å². The number of pyridine rings is 1. The molecule has 1 saturated heterocycles. The number of ether oxygens (including phenoxy) is 1. The third-order valence-corrected chi connectivity index (χ3v) is 4.92. The Bertz CT molecular complexity index is 885. The lowest BCUT2D eigenvalue weighted by Gasteiger charge is -2.36. The summed E-state index contributed by atoms with van der Waals surface area (Å²) in [6.45, 7) is 1.47. The number of nitrogens with zero attached hydrogens (tertiary/aromatic N) is 3. The molecule has 0 saturated carbocycles. The van der Waals surface area contributed by atoms with Crippen molar-refractivity contribution >= 4 is 34.9 Å². The third kappa shape index (κ3) is 4.28. The van der Waals surface area contributed by atoms with E-state index in [0.29, 0.717) is 42.5 Å². The molecule has 2 heterocycles. The van der Waals surface area contributed by atoms with Crippen LogP contribution in [0.3, 0.4) is 0 Å². The standard InChI is InChI=1S/C18H16Cl2F3N3O2/c1-28-15-3-2-12(19)9-13(15)17(27)26-6-4-25(5-7-26)16-14(20)8-11(10-24-16)18(21,22)23/h2-3,8-10H,4-7H2,1H3. The molecule has 10 heteroatoms. The summed E-state index contributed by atoms with van der Waals surface area (Å²) >= 11 is 12.0. The first-order valence-corrected chi connectivity index (χ1v) is 9.07. The zero-order valence-electron chi connectivity index (χ0n) is 14.8. The van der Waals surface area contributed by atoms with Crippen molar-refractivity contribution in [2.75, 3.05) is 38.2 Å². The zero-order chi connectivity index (χ0) is 20.5. The Kier molecular flexibility index (Phi) is 5.90. The number of piperazine rings is 1. The monoisotopic (exact) mass is 433 g/mol. The van der Waals surface area contributed by atoms with Gasteiger partial charge in [0.15, 0.2) is 0 Å². The quantitative estimate of drug-likeness (QED) is 0.720. The molecule has 0 radical (unpaired) electrons. The maximum absolute atomic E-state index is 12.8. The van der Waals surface area contributed by atoms with Crippen LogP contribution in [-0.4, -0.2) is 49.1 Å². The number of carbonyl (C=O) groups is 1. The Morgan fingerprint density at radius 1 is 1.14 bits per heavy atom. The lowest BCUT2D eigenvalue weighted by atomic mass is 10.1. The van der Waals surface area contributed by atoms with Gasteiger partial charge in [-0.25, -0.2) is 4.98 Å². The first-order valence-electron chi connectivity index (χ1n) is 8.31. The van der Waals surface area contributed by atoms with Gasteiger partial charge in [0.1, 0.15) is 11.6 Å². The van der Waals surface area contributed by atoms with Crippen molar-refractivity contribution in [2.24, 2.45) is 0 Å². The van der Waals surface area contributed by atoms with Crippen LogP contribution in [0, 0.1) is 0 Å². The van der Waals surface area contributed by atoms with Gasteiger partial charge in [0.25, 0.3) is 5.91 Å². The van der Waals surface area contributed by atoms with Crippen molar-refractivity contribution < 1.29 is 22.7 Å². The van der Waals surface area contributed by atoms with Gasteiger partial charge in [0, 0.05) is 37.4 Å². The maximum Gasteiger partial charge on any atom is 0.417 e. The highest BCUT2D eigenvalue weighted by Gasteiger charge is 2.32. The lowest BCUT2D eigenvalue weighted by Crippen LogP contribution is -2.49. The predicted molar refractivity (Wildman–Crippen MR) is 100 cm³/mol. The normalized spacial score (nSPS) is 14.9. The molecule has 1 aromatic heterocycles. The zero-order valence-corrected chi connectivity index (χ0v) is 16.3. The second kappa shape index (κ2) is 8.05. The Morgan fingerprint density at radius 2 is 1.82 bits per heavy atom. The molecule has 2 aromatic rings. The van der Waals surface area contributed by atoms with Gasteiger partial charge < -0.3 is 14.5 Å². The molecule has 150 valence electrons. The molecule has 0 bridgehead atoms. The van der Waals surface area contributed by atoms with Gasteiger partial charge in [-0.15, -0.1) is 0 Å². The second-order valence-electron chi connectivity index (χ2n) is 6.15. The van der Waals surface area contributed by atoms with Crippen LogP contribution in [0.5, 0.6) is 5.75 Å². The van der Waals surface area contributed by atoms with E-state index in [1.54, 1.807) is 28.0 Å². The Labute approximate surface area is 169 Å². The van der Waals surface area contributed by atoms with Crippen molar-refractivity contribution in [1.82, 2.24) is 9.88 Å². The number of amides is 1. The molecule has 0 aliphatic carbocycles. The number of rotatable bonds is 3. The van der Waals surface area contributed by atoms with Gasteiger partial charge in [-0.05, 0) is 24.3 Å². The number of benzene rings is 1. The molecule has 1 amide bonds. The molecule has 0 unspecified atom stereocenters. The largest absolute Gasteiger partial charge is 0.496 e. The molecule has 1 aliphatic heterocycles. The molecule has 0 spiro atoms. The highest BCUT2D eigenvalue weighted by Crippen LogP contribution is 2.34. The highest BCUT2D eigenvalue weighted by atomic mass is 35.5. The first kappa shape index (κ1) is 20.5. The van der Waals surface area contributed by atoms with E-state index in [2.05, 4.69) is 4.98 Å². The number of anilines is 1. The number of alkyl halides is 3. The van der Waals surface area contributed by atoms with Gasteiger partial charge in [-0.3, -0.25) is 4.79 Å². The smallest absolute Gasteiger partial charge is 0.417 e. The summed E-state index contributed by atoms with van der Waals surface area (Å²) in [6, 6.07) is 5.66. The molecule has 1 aromatic carbocycles. The minimum absolute atomic E-state index is 0.0777. The Balaban J connectivity index is 1.71. The average Bonchev–Trinajstić information content (AvgIpc) is 2.67. The summed E-state index contributed by atoms with van der Waals surface area (Å²) in [5, 5.41) is 0.342. The number of methoxy groups -OCH3 is 1. The van der Waals surface area contributed by atoms with E-state index in [1.807, 2.05) is 0 Å². The fraction of sp³-hybridized carbons (Fsp3) is 0.333. The van der Waals surface area contributed by atoms with Gasteiger partial charge in [-0.1, -0.05) is 23.2 Å². The van der Waals surface area contributed by atoms with Crippen molar-refractivity contribution in [3.8, 4) is 5.75 Å². The van der Waals surface area contributed by atoms with Gasteiger partial charge in [0.05, 0.1) is 23.3 Å². The summed E-state index contributed by atoms with van der Waals surface area (Å²) in [6.07, 6.45) is -3.74. The summed E-state index contributed by atoms with van der Waals surface area (Å²) in [7, 11) is 1.47. The Morgan fingerprint density at radius 3 is 2.39 bits per heavy atom. The van der Waals surface area contributed by atoms with Crippen LogP contribution >= 0.6 is 23.2 Å². The van der Waals surface area contributed by atoms with E-state index in [1.165, 1.54) is 7.11 Å². The van der Waals surface area contributed by atoms with E-state index in [4.69, 9.17) is 27.9 Å². The van der Waals surface area contributed by atoms with Crippen molar-refractivity contribution in [2.45, 2.75) is 6.18 Å². The van der Waals surface area contributed by atoms with Crippen molar-refractivity contribution in [3.05, 3.63) is 51.6 Å². The number of aromatic nitrogens is 1. The molecular weight excluding hydrogens is 418 g/mol. The van der Waals surface area contributed by atoms with Gasteiger partial charge in [0.2, 0.25) is 0 Å². The summed E-state index contributed by atoms with van der Waals surface area (Å²) in [5.41, 5.74) is -0.544. The van der Waals surface area contributed by atoms with Gasteiger partial charge in [-0.2, -0.15) is 13.2 Å². The molecule has 28 heavy (non-hydrogen) atoms. The molecule has 0 N–H and O–H groups in total. The number of halogens is 5. The first-order chi connectivity index (χ1) is 13.2. The van der Waals surface area contributed by atoms with E-state index in [-0.39, 0.29) is 16.7 Å². The maximum atomic E-state index is 12.8. The van der Waals surface area contributed by atoms with Crippen molar-refractivity contribution in [3.63, 3.8) is 0 Å². The number of carbonyl (C=O) groups excluding carboxylic acids is 1. The molecule has 5 nitrogen and oxygen atoms in total. The number of hydrogen-bond acceptors (Lipinski definition) is 4. The number of hydrogen-bond donors (Lipinski definition) is 0. The van der Waals surface area contributed by atoms with Crippen LogP contribution < -0.4 is 9.64 Å². The van der Waals surface area contributed by atoms with Gasteiger partial charge >= 0.3 is 6.18 Å². The summed E-state index contributed by atoms with van der Waals surface area (Å²) < 4.78 is 43.5. The molecule has 1 fully saturated rings. The predicted octanol–water partition coefficient (Wildman–Crippen LogP) is 4.38. The van der Waals surface area contributed by atoms with Crippen LogP contribution in [0.2, 0.25) is 10.0 Å². The minimum Gasteiger partial charge on any atom is -0.496 e. The van der Waals surface area contributed by atoms with Crippen molar-refractivity contribution in [1.29, 1.82) is 0 Å². The van der Waals surface area contributed by atoms with Crippen LogP contribution in [0.4, 0.5) is 19.0 Å². The molecule has 0 atom stereocenters. The Hall–Kier alpha value is -2.19. The second-order valence-corrected chi connectivity index (χ2v) is 6.99. The third-order valence-electron chi connectivity index (χ3n) is 4.41. The summed E-state index contributed by atoms with van der Waals surface area (Å²) in [5.74, 6) is 0.455. The molecular formula is C18H16Cl2F3N3O2. The fourth-order valence-corrected chi connectivity index (χ4v) is 3.42. The fourth-order valence-electron chi connectivity index (χ4n) is 2.96. The molecule has 3 rings (SSSR count). The highest BCUT2D eigenvalue weighted by molar-refractivity contribution is 6.33. The van der Waals surface area contributed by atoms with Crippen LogP contribution in [0.15, 0.2) is 30.5 Å². The lowest BCUT2D eigenvalue weighted by molar-refractivity contribution is -0.137. The van der Waals surface area contributed by atoms with E-state index in [9.17, 15) is 18.0 Å². The van der Waals surface area contributed by atoms with E-state index >= 15 is 0 Å². The topological polar surface area (TPSA) is 45.7 Å². The van der Waals surface area contributed by atoms with Crippen LogP contribution in [-0.2, 0) is 6.18 Å². The molecule has 1 aliphatic rings. The van der Waals surface area contributed by atoms with E-state index in [0.717, 1.165) is 12.3 Å². The minimum atomic E-state index is -4.50. The average molecular weight is 434 g/mol. The summed E-state index contributed by atoms with van der Waals surface area (Å²) in [4.78, 5) is 20.0. The van der Waals surface area contributed by atoms with E-state index < -0.39 is 11.7 Å². The SMILES string of the molecule is COc1ccc(Cl)cc1C(=O)N1CCN(c2ncc(C(F)(F)F)cc2Cl)CC1. The van der Waals surface area contributed by atoms with Crippen LogP contribution in [0.25, 0.3) is 0 Å².